The molecule has 1 fully saturated rings. The lowest BCUT2D eigenvalue weighted by atomic mass is 10.0. The summed E-state index contributed by atoms with van der Waals surface area (Å²) >= 11 is 0. The maximum atomic E-state index is 12.1. The molecule has 0 saturated carbocycles. The van der Waals surface area contributed by atoms with Crippen LogP contribution in [-0.2, 0) is 9.59 Å². The van der Waals surface area contributed by atoms with Crippen molar-refractivity contribution >= 4 is 11.8 Å². The molecule has 3 nitrogen and oxygen atoms in total. The molecule has 1 aliphatic rings. The Kier molecular flexibility index (Phi) is 7.76. The van der Waals surface area contributed by atoms with Crippen molar-refractivity contribution in [3.05, 3.63) is 0 Å². The summed E-state index contributed by atoms with van der Waals surface area (Å²) in [5.41, 5.74) is 0. The highest BCUT2D eigenvalue weighted by Crippen LogP contribution is 2.19. The quantitative estimate of drug-likeness (QED) is 0.622. The minimum absolute atomic E-state index is 0.0340. The van der Waals surface area contributed by atoms with Crippen LogP contribution >= 0.6 is 0 Å². The molecule has 3 heteroatoms. The SMILES string of the molecule is CCCCCCCCCC(=O)N1C(=O)CCCC1C. The van der Waals surface area contributed by atoms with E-state index in [1.807, 2.05) is 6.92 Å². The zero-order valence-electron chi connectivity index (χ0n) is 12.6. The number of hydrogen-bond donors (Lipinski definition) is 0. The van der Waals surface area contributed by atoms with Crippen LogP contribution in [0.5, 0.6) is 0 Å². The molecule has 0 aromatic heterocycles. The van der Waals surface area contributed by atoms with Gasteiger partial charge in [0.25, 0.3) is 0 Å². The molecule has 0 bridgehead atoms. The van der Waals surface area contributed by atoms with Gasteiger partial charge in [-0.2, -0.15) is 0 Å². The number of piperidine rings is 1. The van der Waals surface area contributed by atoms with Crippen LogP contribution in [0.2, 0.25) is 0 Å². The normalized spacial score (nSPS) is 19.8. The molecule has 0 spiro atoms. The first-order valence-electron chi connectivity index (χ1n) is 8.01. The van der Waals surface area contributed by atoms with Crippen molar-refractivity contribution in [2.45, 2.75) is 90.5 Å². The second-order valence-corrected chi connectivity index (χ2v) is 5.77. The van der Waals surface area contributed by atoms with Crippen LogP contribution in [0, 0.1) is 0 Å². The van der Waals surface area contributed by atoms with Crippen LogP contribution in [0.25, 0.3) is 0 Å². The van der Waals surface area contributed by atoms with Gasteiger partial charge in [0.05, 0.1) is 0 Å². The highest BCUT2D eigenvalue weighted by molar-refractivity contribution is 5.96. The van der Waals surface area contributed by atoms with Gasteiger partial charge in [-0.1, -0.05) is 45.4 Å². The average molecular weight is 267 g/mol. The second kappa shape index (κ2) is 9.11. The lowest BCUT2D eigenvalue weighted by molar-refractivity contribution is -0.149. The smallest absolute Gasteiger partial charge is 0.229 e. The summed E-state index contributed by atoms with van der Waals surface area (Å²) in [5.74, 6) is 0.0810. The molecule has 0 aromatic carbocycles. The summed E-state index contributed by atoms with van der Waals surface area (Å²) in [6.45, 7) is 4.20. The molecule has 2 amide bonds. The van der Waals surface area contributed by atoms with Crippen molar-refractivity contribution in [2.24, 2.45) is 0 Å². The third kappa shape index (κ3) is 5.75. The zero-order chi connectivity index (χ0) is 14.1. The van der Waals surface area contributed by atoms with E-state index < -0.39 is 0 Å². The van der Waals surface area contributed by atoms with Crippen LogP contribution in [0.15, 0.2) is 0 Å². The monoisotopic (exact) mass is 267 g/mol. The number of rotatable bonds is 8. The van der Waals surface area contributed by atoms with Crippen LogP contribution in [0.3, 0.4) is 0 Å². The molecule has 0 N–H and O–H groups in total. The van der Waals surface area contributed by atoms with Gasteiger partial charge < -0.3 is 0 Å². The third-order valence-electron chi connectivity index (χ3n) is 3.98. The number of unbranched alkanes of at least 4 members (excludes halogenated alkanes) is 6. The fourth-order valence-electron chi connectivity index (χ4n) is 2.78. The molecular weight excluding hydrogens is 238 g/mol. The van der Waals surface area contributed by atoms with Gasteiger partial charge in [0.15, 0.2) is 0 Å². The lowest BCUT2D eigenvalue weighted by Gasteiger charge is -2.31. The molecule has 0 aromatic rings. The number of nitrogens with zero attached hydrogens (tertiary/aromatic N) is 1. The summed E-state index contributed by atoms with van der Waals surface area (Å²) < 4.78 is 0. The molecule has 1 aliphatic heterocycles. The van der Waals surface area contributed by atoms with Gasteiger partial charge in [0.1, 0.15) is 0 Å². The van der Waals surface area contributed by atoms with E-state index in [1.54, 1.807) is 0 Å². The van der Waals surface area contributed by atoms with E-state index in [0.29, 0.717) is 12.8 Å². The van der Waals surface area contributed by atoms with E-state index in [0.717, 1.165) is 25.7 Å². The van der Waals surface area contributed by atoms with Crippen LogP contribution in [0.4, 0.5) is 0 Å². The fraction of sp³-hybridized carbons (Fsp3) is 0.875. The Morgan fingerprint density at radius 1 is 1.16 bits per heavy atom. The highest BCUT2D eigenvalue weighted by Gasteiger charge is 2.29. The summed E-state index contributed by atoms with van der Waals surface area (Å²) in [5, 5.41) is 0. The first-order valence-corrected chi connectivity index (χ1v) is 8.01. The van der Waals surface area contributed by atoms with E-state index in [9.17, 15) is 9.59 Å². The first-order chi connectivity index (χ1) is 9.16. The Morgan fingerprint density at radius 2 is 1.79 bits per heavy atom. The maximum Gasteiger partial charge on any atom is 0.229 e. The van der Waals surface area contributed by atoms with E-state index in [1.165, 1.54) is 37.0 Å². The number of carbonyl (C=O) groups is 2. The maximum absolute atomic E-state index is 12.1. The molecule has 1 unspecified atom stereocenters. The molecule has 0 aliphatic carbocycles. The average Bonchev–Trinajstić information content (AvgIpc) is 2.37. The molecule has 110 valence electrons. The largest absolute Gasteiger partial charge is 0.280 e. The number of amides is 2. The highest BCUT2D eigenvalue weighted by atomic mass is 16.2. The van der Waals surface area contributed by atoms with Crippen molar-refractivity contribution in [1.29, 1.82) is 0 Å². The molecular formula is C16H29NO2. The van der Waals surface area contributed by atoms with Crippen molar-refractivity contribution in [1.82, 2.24) is 4.90 Å². The van der Waals surface area contributed by atoms with Crippen LogP contribution in [-0.4, -0.2) is 22.8 Å². The minimum Gasteiger partial charge on any atom is -0.280 e. The van der Waals surface area contributed by atoms with Gasteiger partial charge in [0, 0.05) is 18.9 Å². The van der Waals surface area contributed by atoms with Gasteiger partial charge in [-0.05, 0) is 26.2 Å². The van der Waals surface area contributed by atoms with Gasteiger partial charge in [-0.3, -0.25) is 14.5 Å². The van der Waals surface area contributed by atoms with Crippen molar-refractivity contribution in [3.63, 3.8) is 0 Å². The summed E-state index contributed by atoms with van der Waals surface area (Å²) in [6.07, 6.45) is 11.4. The Hall–Kier alpha value is -0.860. The van der Waals surface area contributed by atoms with Crippen molar-refractivity contribution < 1.29 is 9.59 Å². The second-order valence-electron chi connectivity index (χ2n) is 5.77. The Bertz CT molecular complexity index is 288. The zero-order valence-corrected chi connectivity index (χ0v) is 12.6. The summed E-state index contributed by atoms with van der Waals surface area (Å²) in [7, 11) is 0. The number of hydrogen-bond acceptors (Lipinski definition) is 2. The van der Waals surface area contributed by atoms with Crippen LogP contribution < -0.4 is 0 Å². The molecule has 0 radical (unpaired) electrons. The number of carbonyl (C=O) groups excluding carboxylic acids is 2. The minimum atomic E-state index is 0.0340. The number of imide groups is 1. The van der Waals surface area contributed by atoms with Gasteiger partial charge >= 0.3 is 0 Å². The molecule has 1 heterocycles. The van der Waals surface area contributed by atoms with Gasteiger partial charge in [-0.15, -0.1) is 0 Å². The van der Waals surface area contributed by atoms with Gasteiger partial charge in [0.2, 0.25) is 11.8 Å². The third-order valence-corrected chi connectivity index (χ3v) is 3.98. The van der Waals surface area contributed by atoms with E-state index >= 15 is 0 Å². The van der Waals surface area contributed by atoms with E-state index in [4.69, 9.17) is 0 Å². The first kappa shape index (κ1) is 16.2. The summed E-state index contributed by atoms with van der Waals surface area (Å²) in [4.78, 5) is 25.3. The lowest BCUT2D eigenvalue weighted by Crippen LogP contribution is -2.45. The van der Waals surface area contributed by atoms with E-state index in [2.05, 4.69) is 6.92 Å². The predicted octanol–water partition coefficient (Wildman–Crippen LogP) is 4.05. The predicted molar refractivity (Wildman–Crippen MR) is 77.8 cm³/mol. The topological polar surface area (TPSA) is 37.4 Å². The van der Waals surface area contributed by atoms with Crippen molar-refractivity contribution in [2.75, 3.05) is 0 Å². The molecule has 1 atom stereocenters. The van der Waals surface area contributed by atoms with Crippen LogP contribution in [0.1, 0.15) is 84.5 Å². The number of likely N-dealkylation sites (tertiary alicyclic amines) is 1. The Labute approximate surface area is 117 Å². The molecule has 1 rings (SSSR count). The van der Waals surface area contributed by atoms with E-state index in [-0.39, 0.29) is 17.9 Å². The summed E-state index contributed by atoms with van der Waals surface area (Å²) in [6, 6.07) is 0.110. The molecule has 1 saturated heterocycles. The van der Waals surface area contributed by atoms with Crippen molar-refractivity contribution in [3.8, 4) is 0 Å². The Morgan fingerprint density at radius 3 is 2.42 bits per heavy atom. The van der Waals surface area contributed by atoms with Gasteiger partial charge in [-0.25, -0.2) is 0 Å². The Balaban J connectivity index is 2.14. The fourth-order valence-corrected chi connectivity index (χ4v) is 2.78. The molecule has 19 heavy (non-hydrogen) atoms. The standard InChI is InChI=1S/C16H29NO2/c1-3-4-5-6-7-8-9-12-15(18)17-14(2)11-10-13-16(17)19/h14H,3-13H2,1-2H3.